The number of hydrogen-bond acceptors (Lipinski definition) is 5. The summed E-state index contributed by atoms with van der Waals surface area (Å²) in [6.07, 6.45) is 7.21. The molecule has 5 heterocycles. The molecule has 3 aromatic heterocycles. The molecule has 0 aliphatic carbocycles. The quantitative estimate of drug-likeness (QED) is 0.209. The molecule has 0 saturated heterocycles. The number of hydrogen-bond donors (Lipinski definition) is 0. The SMILES string of the molecule is C.C.CC.CC.CC(C)(C)c1ccco1.CC(C)(C)n1cccn1.CC(C)N1Cc2ccccc2C1=O.CC(C)N1Cc2ncccc2C1=O. The van der Waals surface area contributed by atoms with Gasteiger partial charge in [-0.3, -0.25) is 19.3 Å². The Balaban J connectivity index is 0. The summed E-state index contributed by atoms with van der Waals surface area (Å²) in [5.41, 5.74) is 3.97. The molecule has 6 rings (SSSR count). The van der Waals surface area contributed by atoms with Crippen molar-refractivity contribution >= 4 is 11.8 Å². The molecule has 0 fully saturated rings. The van der Waals surface area contributed by atoms with E-state index in [0.29, 0.717) is 12.6 Å². The summed E-state index contributed by atoms with van der Waals surface area (Å²) in [4.78, 5) is 31.4. The van der Waals surface area contributed by atoms with E-state index < -0.39 is 0 Å². The summed E-state index contributed by atoms with van der Waals surface area (Å²) in [5.74, 6) is 1.33. The summed E-state index contributed by atoms with van der Waals surface area (Å²) in [6.45, 7) is 30.3. The lowest BCUT2D eigenvalue weighted by atomic mass is 9.94. The second-order valence-electron chi connectivity index (χ2n) is 13.6. The molecule has 8 nitrogen and oxygen atoms in total. The van der Waals surface area contributed by atoms with Crippen LogP contribution in [0.25, 0.3) is 0 Å². The molecule has 2 aliphatic rings. The van der Waals surface area contributed by atoms with Crippen LogP contribution in [0.5, 0.6) is 0 Å². The first-order chi connectivity index (χ1) is 22.6. The van der Waals surface area contributed by atoms with Crippen LogP contribution in [-0.2, 0) is 24.0 Å². The second kappa shape index (κ2) is 22.5. The van der Waals surface area contributed by atoms with Crippen LogP contribution in [0.1, 0.15) is 150 Å². The number of pyridine rings is 1. The maximum absolute atomic E-state index is 11.8. The van der Waals surface area contributed by atoms with E-state index in [2.05, 4.69) is 51.6 Å². The van der Waals surface area contributed by atoms with E-state index in [9.17, 15) is 9.59 Å². The maximum atomic E-state index is 11.8. The van der Waals surface area contributed by atoms with Gasteiger partial charge >= 0.3 is 0 Å². The molecule has 50 heavy (non-hydrogen) atoms. The lowest BCUT2D eigenvalue weighted by Gasteiger charge is -2.19. The highest BCUT2D eigenvalue weighted by Gasteiger charge is 2.30. The molecule has 0 unspecified atom stereocenters. The Morgan fingerprint density at radius 3 is 1.62 bits per heavy atom. The number of aromatic nitrogens is 3. The van der Waals surface area contributed by atoms with Crippen LogP contribution in [0, 0.1) is 0 Å². The number of furan rings is 1. The van der Waals surface area contributed by atoms with E-state index in [1.165, 1.54) is 0 Å². The number of amides is 2. The molecule has 2 amide bonds. The van der Waals surface area contributed by atoms with Crippen molar-refractivity contribution in [2.75, 3.05) is 0 Å². The lowest BCUT2D eigenvalue weighted by Crippen LogP contribution is -2.30. The highest BCUT2D eigenvalue weighted by molar-refractivity contribution is 5.98. The number of carbonyl (C=O) groups is 2. The summed E-state index contributed by atoms with van der Waals surface area (Å²) < 4.78 is 7.14. The van der Waals surface area contributed by atoms with Gasteiger partial charge in [-0.05, 0) is 90.4 Å². The number of nitrogens with zero attached hydrogens (tertiary/aromatic N) is 5. The second-order valence-corrected chi connectivity index (χ2v) is 13.6. The Bertz CT molecular complexity index is 1360. The third-order valence-corrected chi connectivity index (χ3v) is 7.25. The van der Waals surface area contributed by atoms with Crippen molar-refractivity contribution in [3.05, 3.63) is 108 Å². The average Bonchev–Trinajstić information content (AvgIpc) is 3.88. The molecule has 0 spiro atoms. The minimum atomic E-state index is 0. The summed E-state index contributed by atoms with van der Waals surface area (Å²) in [5, 5.41) is 4.10. The van der Waals surface area contributed by atoms with Gasteiger partial charge in [-0.25, -0.2) is 0 Å². The first kappa shape index (κ1) is 47.9. The van der Waals surface area contributed by atoms with Gasteiger partial charge < -0.3 is 14.2 Å². The van der Waals surface area contributed by atoms with Crippen molar-refractivity contribution in [1.29, 1.82) is 0 Å². The largest absolute Gasteiger partial charge is 0.469 e. The zero-order valence-electron chi connectivity index (χ0n) is 32.0. The molecule has 8 heteroatoms. The zero-order chi connectivity index (χ0) is 36.7. The minimum absolute atomic E-state index is 0. The fourth-order valence-corrected chi connectivity index (χ4v) is 4.63. The van der Waals surface area contributed by atoms with Gasteiger partial charge in [-0.2, -0.15) is 5.10 Å². The van der Waals surface area contributed by atoms with Crippen molar-refractivity contribution < 1.29 is 14.0 Å². The van der Waals surface area contributed by atoms with Gasteiger partial charge in [-0.15, -0.1) is 0 Å². The summed E-state index contributed by atoms with van der Waals surface area (Å²) in [6, 6.07) is 17.9. The van der Waals surface area contributed by atoms with Crippen molar-refractivity contribution in [1.82, 2.24) is 24.6 Å². The van der Waals surface area contributed by atoms with Gasteiger partial charge in [0.15, 0.2) is 0 Å². The molecular weight excluding hydrogens is 622 g/mol. The van der Waals surface area contributed by atoms with Crippen LogP contribution in [0.4, 0.5) is 0 Å². The topological polar surface area (TPSA) is 84.5 Å². The third kappa shape index (κ3) is 14.0. The standard InChI is InChI=1S/C11H13NO.C10H12N2O.C8H12O.C7H12N2.2C2H6.2CH4/c1-8(2)12-7-9-5-3-4-6-10(9)11(12)13;1-7(2)12-6-9-8(10(12)13)4-3-5-11-9;1-8(2,3)7-5-4-6-9-7;1-7(2,3)9-6-4-5-8-9;2*1-2;;/h3-6,8H,7H2,1-2H3;3-5,7H,6H2,1-2H3;2*4-6H,1-3H3;2*1-2H3;2*1H4. The van der Waals surface area contributed by atoms with E-state index in [1.54, 1.807) is 24.7 Å². The normalized spacial score (nSPS) is 12.5. The van der Waals surface area contributed by atoms with Gasteiger partial charge in [0.05, 0.1) is 29.6 Å². The zero-order valence-corrected chi connectivity index (χ0v) is 32.0. The summed E-state index contributed by atoms with van der Waals surface area (Å²) >= 11 is 0. The molecule has 0 saturated carbocycles. The molecule has 0 radical (unpaired) electrons. The fourth-order valence-electron chi connectivity index (χ4n) is 4.63. The van der Waals surface area contributed by atoms with Gasteiger partial charge in [0.25, 0.3) is 11.8 Å². The number of benzene rings is 1. The van der Waals surface area contributed by atoms with Crippen molar-refractivity contribution in [2.45, 2.75) is 148 Å². The number of carbonyl (C=O) groups excluding carboxylic acids is 2. The predicted octanol–water partition coefficient (Wildman–Crippen LogP) is 11.0. The Labute approximate surface area is 305 Å². The average molecular weight is 692 g/mol. The van der Waals surface area contributed by atoms with Gasteiger partial charge in [0, 0.05) is 48.2 Å². The van der Waals surface area contributed by atoms with Gasteiger partial charge in [-0.1, -0.05) is 81.5 Å². The van der Waals surface area contributed by atoms with Crippen LogP contribution >= 0.6 is 0 Å². The molecule has 4 aromatic rings. The van der Waals surface area contributed by atoms with E-state index in [0.717, 1.165) is 34.7 Å². The van der Waals surface area contributed by atoms with E-state index >= 15 is 0 Å². The van der Waals surface area contributed by atoms with Crippen molar-refractivity contribution in [2.24, 2.45) is 0 Å². The molecule has 2 aliphatic heterocycles. The van der Waals surface area contributed by atoms with Crippen LogP contribution in [-0.4, -0.2) is 48.5 Å². The molecule has 0 N–H and O–H groups in total. The van der Waals surface area contributed by atoms with Crippen LogP contribution in [0.2, 0.25) is 0 Å². The van der Waals surface area contributed by atoms with E-state index in [1.807, 2.05) is 125 Å². The van der Waals surface area contributed by atoms with Crippen LogP contribution < -0.4 is 0 Å². The predicted molar refractivity (Wildman–Crippen MR) is 211 cm³/mol. The maximum Gasteiger partial charge on any atom is 0.256 e. The van der Waals surface area contributed by atoms with Crippen molar-refractivity contribution in [3.8, 4) is 0 Å². The first-order valence-electron chi connectivity index (χ1n) is 17.3. The highest BCUT2D eigenvalue weighted by Crippen LogP contribution is 2.24. The Kier molecular flexibility index (Phi) is 21.6. The minimum Gasteiger partial charge on any atom is -0.469 e. The Hall–Kier alpha value is -4.20. The smallest absolute Gasteiger partial charge is 0.256 e. The Morgan fingerprint density at radius 2 is 1.22 bits per heavy atom. The van der Waals surface area contributed by atoms with Crippen LogP contribution in [0.3, 0.4) is 0 Å². The number of rotatable bonds is 2. The summed E-state index contributed by atoms with van der Waals surface area (Å²) in [7, 11) is 0. The van der Waals surface area contributed by atoms with Gasteiger partial charge in [0.1, 0.15) is 5.76 Å². The van der Waals surface area contributed by atoms with E-state index in [4.69, 9.17) is 4.42 Å². The van der Waals surface area contributed by atoms with Gasteiger partial charge in [0.2, 0.25) is 0 Å². The first-order valence-corrected chi connectivity index (χ1v) is 17.3. The molecular formula is C42H69N5O3. The number of fused-ring (bicyclic) bond motifs is 2. The van der Waals surface area contributed by atoms with Crippen LogP contribution in [0.15, 0.2) is 83.9 Å². The third-order valence-electron chi connectivity index (χ3n) is 7.25. The monoisotopic (exact) mass is 692 g/mol. The van der Waals surface area contributed by atoms with Crippen molar-refractivity contribution in [3.63, 3.8) is 0 Å². The molecule has 0 bridgehead atoms. The molecule has 280 valence electrons. The van der Waals surface area contributed by atoms with E-state index in [-0.39, 0.29) is 43.7 Å². The fraction of sp³-hybridized carbons (Fsp3) is 0.524. The molecule has 1 aromatic carbocycles. The molecule has 0 atom stereocenters. The Morgan fingerprint density at radius 1 is 0.680 bits per heavy atom. The highest BCUT2D eigenvalue weighted by atomic mass is 16.3. The lowest BCUT2D eigenvalue weighted by molar-refractivity contribution is 0.0722.